The zero-order chi connectivity index (χ0) is 13.0. The van der Waals surface area contributed by atoms with Crippen LogP contribution >= 0.6 is 11.3 Å². The van der Waals surface area contributed by atoms with Crippen LogP contribution in [0.4, 0.5) is 0 Å². The third-order valence-electron chi connectivity index (χ3n) is 2.83. The van der Waals surface area contributed by atoms with Gasteiger partial charge in [0, 0.05) is 24.2 Å². The molecule has 96 valence electrons. The summed E-state index contributed by atoms with van der Waals surface area (Å²) in [6.45, 7) is 2.71. The number of phenolic OH excluding ortho intramolecular Hbond substituents is 2. The van der Waals surface area contributed by atoms with Gasteiger partial charge in [-0.1, -0.05) is 6.07 Å². The van der Waals surface area contributed by atoms with Crippen LogP contribution in [0.5, 0.6) is 11.5 Å². The van der Waals surface area contributed by atoms with E-state index in [1.807, 2.05) is 0 Å². The number of nitrogens with one attached hydrogen (secondary N) is 1. The van der Waals surface area contributed by atoms with Gasteiger partial charge in [0.25, 0.3) is 0 Å². The van der Waals surface area contributed by atoms with Gasteiger partial charge in [-0.05, 0) is 41.8 Å². The zero-order valence-corrected chi connectivity index (χ0v) is 11.1. The Hall–Kier alpha value is -1.52. The number of aromatic hydroxyl groups is 2. The molecule has 0 aliphatic carbocycles. The molecule has 0 aliphatic rings. The second kappa shape index (κ2) is 5.89. The van der Waals surface area contributed by atoms with Crippen LogP contribution in [0.3, 0.4) is 0 Å². The summed E-state index contributed by atoms with van der Waals surface area (Å²) in [7, 11) is 0. The largest absolute Gasteiger partial charge is 0.508 e. The minimum Gasteiger partial charge on any atom is -0.508 e. The average Bonchev–Trinajstić information content (AvgIpc) is 2.80. The second-order valence-electron chi connectivity index (χ2n) is 4.43. The van der Waals surface area contributed by atoms with Crippen molar-refractivity contribution in [2.24, 2.45) is 0 Å². The van der Waals surface area contributed by atoms with Gasteiger partial charge in [0.15, 0.2) is 0 Å². The van der Waals surface area contributed by atoms with Gasteiger partial charge in [0.05, 0.1) is 0 Å². The fourth-order valence-electron chi connectivity index (χ4n) is 1.82. The molecular formula is C14H17NO2S. The lowest BCUT2D eigenvalue weighted by Gasteiger charge is -2.13. The molecule has 3 nitrogen and oxygen atoms in total. The summed E-state index contributed by atoms with van der Waals surface area (Å²) in [5, 5.41) is 26.5. The predicted octanol–water partition coefficient (Wildman–Crippen LogP) is 2.88. The third kappa shape index (κ3) is 3.48. The van der Waals surface area contributed by atoms with E-state index in [-0.39, 0.29) is 11.5 Å². The van der Waals surface area contributed by atoms with Gasteiger partial charge < -0.3 is 15.5 Å². The van der Waals surface area contributed by atoms with Crippen LogP contribution in [-0.2, 0) is 13.0 Å². The lowest BCUT2D eigenvalue weighted by atomic mass is 10.1. The first-order chi connectivity index (χ1) is 8.65. The quantitative estimate of drug-likeness (QED) is 0.777. The third-order valence-corrected chi connectivity index (χ3v) is 3.56. The van der Waals surface area contributed by atoms with E-state index in [0.29, 0.717) is 12.6 Å². The number of rotatable bonds is 5. The van der Waals surface area contributed by atoms with Crippen molar-refractivity contribution in [3.8, 4) is 11.5 Å². The molecule has 1 aromatic carbocycles. The number of phenols is 2. The Balaban J connectivity index is 1.87. The number of thiophene rings is 1. The van der Waals surface area contributed by atoms with E-state index < -0.39 is 0 Å². The van der Waals surface area contributed by atoms with E-state index in [0.717, 1.165) is 12.0 Å². The van der Waals surface area contributed by atoms with Crippen molar-refractivity contribution < 1.29 is 10.2 Å². The molecule has 0 spiro atoms. The summed E-state index contributed by atoms with van der Waals surface area (Å²) in [5.74, 6) is 0.216. The highest BCUT2D eigenvalue weighted by molar-refractivity contribution is 7.07. The monoisotopic (exact) mass is 263 g/mol. The molecule has 3 N–H and O–H groups in total. The van der Waals surface area contributed by atoms with E-state index in [2.05, 4.69) is 29.1 Å². The predicted molar refractivity (Wildman–Crippen MR) is 74.1 cm³/mol. The first-order valence-electron chi connectivity index (χ1n) is 5.90. The Morgan fingerprint density at radius 1 is 1.28 bits per heavy atom. The molecule has 2 aromatic rings. The summed E-state index contributed by atoms with van der Waals surface area (Å²) in [6.07, 6.45) is 0.975. The minimum absolute atomic E-state index is 0.0857. The van der Waals surface area contributed by atoms with Crippen molar-refractivity contribution >= 4 is 11.3 Å². The smallest absolute Gasteiger partial charge is 0.123 e. The molecule has 0 amide bonds. The fraction of sp³-hybridized carbons (Fsp3) is 0.286. The number of hydrogen-bond acceptors (Lipinski definition) is 4. The van der Waals surface area contributed by atoms with Crippen LogP contribution in [0.15, 0.2) is 35.0 Å². The topological polar surface area (TPSA) is 52.5 Å². The van der Waals surface area contributed by atoms with Gasteiger partial charge in [-0.2, -0.15) is 11.3 Å². The van der Waals surface area contributed by atoms with E-state index in [4.69, 9.17) is 0 Å². The van der Waals surface area contributed by atoms with Gasteiger partial charge >= 0.3 is 0 Å². The summed E-state index contributed by atoms with van der Waals surface area (Å²) in [4.78, 5) is 0. The van der Waals surface area contributed by atoms with Crippen LogP contribution in [-0.4, -0.2) is 16.3 Å². The van der Waals surface area contributed by atoms with Gasteiger partial charge in [-0.3, -0.25) is 0 Å². The second-order valence-corrected chi connectivity index (χ2v) is 5.21. The first kappa shape index (κ1) is 12.9. The Kier molecular flexibility index (Phi) is 4.23. The van der Waals surface area contributed by atoms with Gasteiger partial charge in [0.1, 0.15) is 11.5 Å². The maximum absolute atomic E-state index is 9.66. The molecule has 0 aliphatic heterocycles. The van der Waals surface area contributed by atoms with Crippen LogP contribution in [0, 0.1) is 0 Å². The normalized spacial score (nSPS) is 12.5. The summed E-state index contributed by atoms with van der Waals surface area (Å²) in [5.41, 5.74) is 2.12. The molecular weight excluding hydrogens is 246 g/mol. The van der Waals surface area contributed by atoms with Crippen molar-refractivity contribution in [1.29, 1.82) is 0 Å². The van der Waals surface area contributed by atoms with Gasteiger partial charge in [-0.15, -0.1) is 0 Å². The molecule has 18 heavy (non-hydrogen) atoms. The molecule has 2 rings (SSSR count). The van der Waals surface area contributed by atoms with Crippen molar-refractivity contribution in [3.63, 3.8) is 0 Å². The van der Waals surface area contributed by atoms with Crippen LogP contribution in [0.2, 0.25) is 0 Å². The fourth-order valence-corrected chi connectivity index (χ4v) is 2.50. The van der Waals surface area contributed by atoms with Crippen molar-refractivity contribution in [1.82, 2.24) is 5.32 Å². The average molecular weight is 263 g/mol. The van der Waals surface area contributed by atoms with Gasteiger partial charge in [-0.25, -0.2) is 0 Å². The maximum Gasteiger partial charge on any atom is 0.123 e. The molecule has 0 saturated carbocycles. The molecule has 0 bridgehead atoms. The van der Waals surface area contributed by atoms with Crippen molar-refractivity contribution in [3.05, 3.63) is 46.2 Å². The highest BCUT2D eigenvalue weighted by Gasteiger charge is 2.06. The zero-order valence-electron chi connectivity index (χ0n) is 10.3. The SMILES string of the molecule is CC(Cc1ccsc1)NCc1ccc(O)cc1O. The van der Waals surface area contributed by atoms with Crippen LogP contribution in [0.1, 0.15) is 18.1 Å². The van der Waals surface area contributed by atoms with Crippen LogP contribution < -0.4 is 5.32 Å². The molecule has 4 heteroatoms. The van der Waals surface area contributed by atoms with E-state index in [1.54, 1.807) is 23.5 Å². The highest BCUT2D eigenvalue weighted by atomic mass is 32.1. The summed E-state index contributed by atoms with van der Waals surface area (Å²) >= 11 is 1.70. The molecule has 0 fully saturated rings. The first-order valence-corrected chi connectivity index (χ1v) is 6.85. The molecule has 1 atom stereocenters. The minimum atomic E-state index is 0.0857. The molecule has 0 radical (unpaired) electrons. The Labute approximate surface area is 111 Å². The maximum atomic E-state index is 9.66. The van der Waals surface area contributed by atoms with Gasteiger partial charge in [0.2, 0.25) is 0 Å². The molecule has 1 heterocycles. The molecule has 1 unspecified atom stereocenters. The van der Waals surface area contributed by atoms with Crippen LogP contribution in [0.25, 0.3) is 0 Å². The molecule has 1 aromatic heterocycles. The Bertz CT molecular complexity index is 497. The standard InChI is InChI=1S/C14H17NO2S/c1-10(6-11-4-5-18-9-11)15-8-12-2-3-13(16)7-14(12)17/h2-5,7,9-10,15-17H,6,8H2,1H3. The summed E-state index contributed by atoms with van der Waals surface area (Å²) in [6, 6.07) is 7.14. The van der Waals surface area contributed by atoms with Crippen molar-refractivity contribution in [2.75, 3.05) is 0 Å². The Morgan fingerprint density at radius 3 is 2.78 bits per heavy atom. The number of benzene rings is 1. The molecule has 0 saturated heterocycles. The lowest BCUT2D eigenvalue weighted by molar-refractivity contribution is 0.440. The van der Waals surface area contributed by atoms with E-state index in [1.165, 1.54) is 11.6 Å². The lowest BCUT2D eigenvalue weighted by Crippen LogP contribution is -2.27. The summed E-state index contributed by atoms with van der Waals surface area (Å²) < 4.78 is 0. The van der Waals surface area contributed by atoms with Crippen molar-refractivity contribution in [2.45, 2.75) is 25.9 Å². The highest BCUT2D eigenvalue weighted by Crippen LogP contribution is 2.22. The van der Waals surface area contributed by atoms with E-state index >= 15 is 0 Å². The Morgan fingerprint density at radius 2 is 2.11 bits per heavy atom. The van der Waals surface area contributed by atoms with E-state index in [9.17, 15) is 10.2 Å². The number of hydrogen-bond donors (Lipinski definition) is 3.